The lowest BCUT2D eigenvalue weighted by atomic mass is 10.3. The minimum absolute atomic E-state index is 0.0706. The van der Waals surface area contributed by atoms with Crippen molar-refractivity contribution in [2.75, 3.05) is 0 Å². The predicted octanol–water partition coefficient (Wildman–Crippen LogP) is 2.06. The molecule has 0 spiro atoms. The van der Waals surface area contributed by atoms with Gasteiger partial charge in [-0.3, -0.25) is 0 Å². The number of carboxylic acids is 1. The van der Waals surface area contributed by atoms with Gasteiger partial charge >= 0.3 is 5.97 Å². The molecule has 0 aliphatic carbocycles. The zero-order valence-corrected chi connectivity index (χ0v) is 8.14. The fourth-order valence-corrected chi connectivity index (χ4v) is 1.05. The summed E-state index contributed by atoms with van der Waals surface area (Å²) >= 11 is 0. The number of nitrogens with zero attached hydrogens (tertiary/aromatic N) is 2. The van der Waals surface area contributed by atoms with Gasteiger partial charge in [0.05, 0.1) is 0 Å². The van der Waals surface area contributed by atoms with E-state index in [-0.39, 0.29) is 5.69 Å². The van der Waals surface area contributed by atoms with E-state index in [1.807, 2.05) is 32.2 Å². The Morgan fingerprint density at radius 1 is 1.50 bits per heavy atom. The van der Waals surface area contributed by atoms with Gasteiger partial charge in [0.15, 0.2) is 5.69 Å². The number of fused-ring (bicyclic) bond motifs is 1. The fourth-order valence-electron chi connectivity index (χ4n) is 1.05. The lowest BCUT2D eigenvalue weighted by Crippen LogP contribution is -2.00. The maximum Gasteiger partial charge on any atom is 0.354 e. The lowest BCUT2D eigenvalue weighted by molar-refractivity contribution is 0.0690. The molecule has 0 radical (unpaired) electrons. The highest BCUT2D eigenvalue weighted by Gasteiger charge is 2.03. The Kier molecular flexibility index (Phi) is 3.23. The molecule has 0 bridgehead atoms. The normalized spacial score (nSPS) is 9.29. The van der Waals surface area contributed by atoms with Crippen molar-refractivity contribution in [1.82, 2.24) is 9.38 Å². The Morgan fingerprint density at radius 2 is 2.21 bits per heavy atom. The van der Waals surface area contributed by atoms with Crippen LogP contribution in [-0.4, -0.2) is 20.5 Å². The highest BCUT2D eigenvalue weighted by Crippen LogP contribution is 2.04. The van der Waals surface area contributed by atoms with E-state index in [1.165, 1.54) is 12.4 Å². The first-order valence-electron chi connectivity index (χ1n) is 4.43. The monoisotopic (exact) mass is 192 g/mol. The lowest BCUT2D eigenvalue weighted by Gasteiger charge is -1.95. The number of carbonyl (C=O) groups is 1. The highest BCUT2D eigenvalue weighted by atomic mass is 16.4. The van der Waals surface area contributed by atoms with Gasteiger partial charge in [0.2, 0.25) is 0 Å². The fraction of sp³-hybridized carbons (Fsp3) is 0.200. The molecule has 0 amide bonds. The molecule has 0 atom stereocenters. The molecule has 1 N–H and O–H groups in total. The van der Waals surface area contributed by atoms with Gasteiger partial charge in [-0.25, -0.2) is 9.78 Å². The molecule has 0 aliphatic heterocycles. The van der Waals surface area contributed by atoms with Crippen LogP contribution in [0.4, 0.5) is 0 Å². The molecule has 2 rings (SSSR count). The van der Waals surface area contributed by atoms with Crippen LogP contribution in [0.15, 0.2) is 30.7 Å². The van der Waals surface area contributed by atoms with Crippen molar-refractivity contribution >= 4 is 11.5 Å². The van der Waals surface area contributed by atoms with E-state index in [1.54, 1.807) is 4.40 Å². The first-order valence-corrected chi connectivity index (χ1v) is 4.43. The minimum atomic E-state index is -1.00. The molecule has 0 aliphatic rings. The van der Waals surface area contributed by atoms with E-state index in [9.17, 15) is 4.79 Å². The number of hydrogen-bond donors (Lipinski definition) is 1. The summed E-state index contributed by atoms with van der Waals surface area (Å²) in [6.07, 6.45) is 3.30. The first-order chi connectivity index (χ1) is 6.77. The van der Waals surface area contributed by atoms with Crippen LogP contribution < -0.4 is 0 Å². The standard InChI is InChI=1S/C8H6N2O2.C2H6/c11-8(12)7-4-6-2-1-3-10(6)5-9-7;1-2/h1-5H,(H,11,12);1-2H3. The largest absolute Gasteiger partial charge is 0.477 e. The van der Waals surface area contributed by atoms with Gasteiger partial charge in [-0.05, 0) is 18.2 Å². The van der Waals surface area contributed by atoms with Crippen molar-refractivity contribution in [3.05, 3.63) is 36.4 Å². The van der Waals surface area contributed by atoms with Crippen LogP contribution in [-0.2, 0) is 0 Å². The summed E-state index contributed by atoms with van der Waals surface area (Å²) < 4.78 is 1.76. The molecule has 0 fully saturated rings. The Morgan fingerprint density at radius 3 is 2.86 bits per heavy atom. The summed E-state index contributed by atoms with van der Waals surface area (Å²) in [7, 11) is 0. The molecule has 2 aromatic heterocycles. The third kappa shape index (κ3) is 1.90. The van der Waals surface area contributed by atoms with Gasteiger partial charge in [0, 0.05) is 11.7 Å². The molecule has 0 saturated carbocycles. The van der Waals surface area contributed by atoms with Crippen molar-refractivity contribution < 1.29 is 9.90 Å². The van der Waals surface area contributed by atoms with Crippen LogP contribution in [0.25, 0.3) is 5.52 Å². The van der Waals surface area contributed by atoms with Crippen molar-refractivity contribution in [3.8, 4) is 0 Å². The van der Waals surface area contributed by atoms with Crippen molar-refractivity contribution in [2.24, 2.45) is 0 Å². The molecule has 4 heteroatoms. The molecule has 0 aromatic carbocycles. The van der Waals surface area contributed by atoms with Crippen LogP contribution in [0.2, 0.25) is 0 Å². The molecule has 4 nitrogen and oxygen atoms in total. The Labute approximate surface area is 81.8 Å². The van der Waals surface area contributed by atoms with Crippen molar-refractivity contribution in [2.45, 2.75) is 13.8 Å². The summed E-state index contributed by atoms with van der Waals surface area (Å²) in [4.78, 5) is 14.2. The summed E-state index contributed by atoms with van der Waals surface area (Å²) in [5.41, 5.74) is 0.906. The van der Waals surface area contributed by atoms with Crippen molar-refractivity contribution in [1.29, 1.82) is 0 Å². The number of carboxylic acid groups (broad SMARTS) is 1. The number of aromatic nitrogens is 2. The summed E-state index contributed by atoms with van der Waals surface area (Å²) in [5.74, 6) is -1.00. The maximum absolute atomic E-state index is 10.5. The van der Waals surface area contributed by atoms with Crippen LogP contribution in [0.3, 0.4) is 0 Å². The van der Waals surface area contributed by atoms with Crippen LogP contribution >= 0.6 is 0 Å². The molecular formula is C10H12N2O2. The average molecular weight is 192 g/mol. The molecule has 74 valence electrons. The minimum Gasteiger partial charge on any atom is -0.477 e. The quantitative estimate of drug-likeness (QED) is 0.752. The molecule has 2 heterocycles. The molecule has 14 heavy (non-hydrogen) atoms. The third-order valence-corrected chi connectivity index (χ3v) is 1.64. The smallest absolute Gasteiger partial charge is 0.354 e. The van der Waals surface area contributed by atoms with Gasteiger partial charge in [-0.1, -0.05) is 13.8 Å². The highest BCUT2D eigenvalue weighted by molar-refractivity contribution is 5.86. The van der Waals surface area contributed by atoms with E-state index in [0.717, 1.165) is 5.52 Å². The second-order valence-corrected chi connectivity index (χ2v) is 2.42. The zero-order chi connectivity index (χ0) is 10.6. The molecule has 0 saturated heterocycles. The van der Waals surface area contributed by atoms with Gasteiger partial charge in [-0.15, -0.1) is 0 Å². The average Bonchev–Trinajstić information content (AvgIpc) is 2.67. The number of hydrogen-bond acceptors (Lipinski definition) is 2. The number of rotatable bonds is 1. The van der Waals surface area contributed by atoms with Gasteiger partial charge < -0.3 is 9.51 Å². The number of aromatic carboxylic acids is 1. The maximum atomic E-state index is 10.5. The van der Waals surface area contributed by atoms with Crippen LogP contribution in [0, 0.1) is 0 Å². The summed E-state index contributed by atoms with van der Waals surface area (Å²) in [6.45, 7) is 4.00. The second kappa shape index (κ2) is 4.41. The molecule has 0 unspecified atom stereocenters. The van der Waals surface area contributed by atoms with Gasteiger partial charge in [0.25, 0.3) is 0 Å². The van der Waals surface area contributed by atoms with Gasteiger partial charge in [-0.2, -0.15) is 0 Å². The Bertz CT molecular complexity index is 434. The summed E-state index contributed by atoms with van der Waals surface area (Å²) in [5, 5.41) is 8.61. The summed E-state index contributed by atoms with van der Waals surface area (Å²) in [6, 6.07) is 5.19. The second-order valence-electron chi connectivity index (χ2n) is 2.42. The third-order valence-electron chi connectivity index (χ3n) is 1.64. The van der Waals surface area contributed by atoms with E-state index >= 15 is 0 Å². The first kappa shape index (κ1) is 10.2. The Balaban J connectivity index is 0.000000461. The van der Waals surface area contributed by atoms with Gasteiger partial charge in [0.1, 0.15) is 6.33 Å². The van der Waals surface area contributed by atoms with E-state index < -0.39 is 5.97 Å². The zero-order valence-electron chi connectivity index (χ0n) is 8.14. The van der Waals surface area contributed by atoms with E-state index in [2.05, 4.69) is 4.98 Å². The molecule has 2 aromatic rings. The topological polar surface area (TPSA) is 54.6 Å². The van der Waals surface area contributed by atoms with E-state index in [0.29, 0.717) is 0 Å². The Hall–Kier alpha value is -1.84. The van der Waals surface area contributed by atoms with Crippen molar-refractivity contribution in [3.63, 3.8) is 0 Å². The molecular weight excluding hydrogens is 180 g/mol. The SMILES string of the molecule is CC.O=C(O)c1cc2cccn2cn1. The predicted molar refractivity (Wildman–Crippen MR) is 53.5 cm³/mol. The van der Waals surface area contributed by atoms with Crippen LogP contribution in [0.1, 0.15) is 24.3 Å². The van der Waals surface area contributed by atoms with E-state index in [4.69, 9.17) is 5.11 Å². The van der Waals surface area contributed by atoms with Crippen LogP contribution in [0.5, 0.6) is 0 Å².